The number of amides is 1. The first-order valence-corrected chi connectivity index (χ1v) is 10.1. The van der Waals surface area contributed by atoms with Gasteiger partial charge in [0.25, 0.3) is 5.91 Å². The van der Waals surface area contributed by atoms with Crippen molar-refractivity contribution >= 4 is 17.2 Å². The molecule has 1 amide bonds. The van der Waals surface area contributed by atoms with Crippen LogP contribution in [0.3, 0.4) is 0 Å². The predicted molar refractivity (Wildman–Crippen MR) is 111 cm³/mol. The summed E-state index contributed by atoms with van der Waals surface area (Å²) in [7, 11) is 1.89. The van der Waals surface area contributed by atoms with Crippen LogP contribution in [0, 0.1) is 12.7 Å². The molecular formula is C21H25FN4OS. The molecule has 3 rings (SSSR count). The monoisotopic (exact) mass is 400 g/mol. The minimum Gasteiger partial charge on any atom is -0.365 e. The highest BCUT2D eigenvalue weighted by molar-refractivity contribution is 7.14. The van der Waals surface area contributed by atoms with Crippen LogP contribution in [0.2, 0.25) is 0 Å². The maximum absolute atomic E-state index is 13.7. The second-order valence-electron chi connectivity index (χ2n) is 6.93. The van der Waals surface area contributed by atoms with Crippen molar-refractivity contribution in [1.82, 2.24) is 9.78 Å². The van der Waals surface area contributed by atoms with Crippen LogP contribution in [-0.2, 0) is 19.9 Å². The van der Waals surface area contributed by atoms with Gasteiger partial charge in [-0.25, -0.2) is 4.39 Å². The van der Waals surface area contributed by atoms with E-state index in [4.69, 9.17) is 11.5 Å². The molecule has 0 aliphatic carbocycles. The van der Waals surface area contributed by atoms with Gasteiger partial charge in [-0.2, -0.15) is 5.10 Å². The first kappa shape index (κ1) is 20.2. The average molecular weight is 401 g/mol. The van der Waals surface area contributed by atoms with E-state index in [1.807, 2.05) is 30.9 Å². The smallest absolute Gasteiger partial charge is 0.259 e. The molecule has 2 aromatic heterocycles. The van der Waals surface area contributed by atoms with Crippen LogP contribution in [0.5, 0.6) is 0 Å². The zero-order chi connectivity index (χ0) is 20.4. The van der Waals surface area contributed by atoms with Crippen molar-refractivity contribution in [2.75, 3.05) is 6.54 Å². The number of nitrogens with zero attached hydrogens (tertiary/aromatic N) is 2. The lowest BCUT2D eigenvalue weighted by Crippen LogP contribution is -2.20. The summed E-state index contributed by atoms with van der Waals surface area (Å²) in [4.78, 5) is 13.9. The SMILES string of the molecule is CCc1sc(C(N)=O)c([C@@H](CN)Cc2cccc(F)c2)c1-c1c(C)cnn1C. The molecule has 0 aliphatic rings. The highest BCUT2D eigenvalue weighted by atomic mass is 32.1. The molecule has 0 saturated heterocycles. The van der Waals surface area contributed by atoms with Crippen molar-refractivity contribution in [2.24, 2.45) is 18.5 Å². The van der Waals surface area contributed by atoms with Gasteiger partial charge in [0, 0.05) is 23.4 Å². The summed E-state index contributed by atoms with van der Waals surface area (Å²) in [5, 5.41) is 4.37. The van der Waals surface area contributed by atoms with Gasteiger partial charge in [0.2, 0.25) is 0 Å². The van der Waals surface area contributed by atoms with E-state index < -0.39 is 5.91 Å². The number of carbonyl (C=O) groups is 1. The van der Waals surface area contributed by atoms with Gasteiger partial charge in [0.15, 0.2) is 0 Å². The second kappa shape index (κ2) is 8.24. The number of carbonyl (C=O) groups excluding carboxylic acids is 1. The third-order valence-corrected chi connectivity index (χ3v) is 6.35. The number of aryl methyl sites for hydroxylation is 3. The minimum atomic E-state index is -0.460. The van der Waals surface area contributed by atoms with Crippen LogP contribution in [0.25, 0.3) is 11.3 Å². The highest BCUT2D eigenvalue weighted by Gasteiger charge is 2.29. The predicted octanol–water partition coefficient (Wildman–Crippen LogP) is 3.54. The van der Waals surface area contributed by atoms with E-state index in [0.717, 1.165) is 39.2 Å². The van der Waals surface area contributed by atoms with Gasteiger partial charge in [0.05, 0.1) is 16.8 Å². The summed E-state index contributed by atoms with van der Waals surface area (Å²) in [6, 6.07) is 6.48. The molecule has 1 atom stereocenters. The summed E-state index contributed by atoms with van der Waals surface area (Å²) in [5.41, 5.74) is 16.6. The molecule has 0 fully saturated rings. The molecule has 0 bridgehead atoms. The van der Waals surface area contributed by atoms with Gasteiger partial charge >= 0.3 is 0 Å². The van der Waals surface area contributed by atoms with Crippen molar-refractivity contribution in [1.29, 1.82) is 0 Å². The van der Waals surface area contributed by atoms with Crippen molar-refractivity contribution in [3.05, 3.63) is 62.7 Å². The lowest BCUT2D eigenvalue weighted by atomic mass is 9.86. The first-order chi connectivity index (χ1) is 13.4. The Bertz CT molecular complexity index is 989. The van der Waals surface area contributed by atoms with Gasteiger partial charge in [-0.15, -0.1) is 11.3 Å². The number of hydrogen-bond acceptors (Lipinski definition) is 4. The Morgan fingerprint density at radius 2 is 2.14 bits per heavy atom. The van der Waals surface area contributed by atoms with Gasteiger partial charge < -0.3 is 11.5 Å². The summed E-state index contributed by atoms with van der Waals surface area (Å²) in [6.07, 6.45) is 3.10. The van der Waals surface area contributed by atoms with E-state index in [0.29, 0.717) is 17.8 Å². The van der Waals surface area contributed by atoms with E-state index in [-0.39, 0.29) is 11.7 Å². The molecule has 0 unspecified atom stereocenters. The zero-order valence-electron chi connectivity index (χ0n) is 16.3. The fourth-order valence-electron chi connectivity index (χ4n) is 3.73. The lowest BCUT2D eigenvalue weighted by molar-refractivity contribution is 0.100. The van der Waals surface area contributed by atoms with Crippen molar-refractivity contribution < 1.29 is 9.18 Å². The lowest BCUT2D eigenvalue weighted by Gasteiger charge is -2.19. The molecule has 2 heterocycles. The fraction of sp³-hybridized carbons (Fsp3) is 0.333. The van der Waals surface area contributed by atoms with Crippen LogP contribution >= 0.6 is 11.3 Å². The van der Waals surface area contributed by atoms with Crippen LogP contribution in [0.1, 0.15) is 44.1 Å². The maximum atomic E-state index is 13.7. The van der Waals surface area contributed by atoms with Crippen LogP contribution in [0.4, 0.5) is 4.39 Å². The number of primary amides is 1. The van der Waals surface area contributed by atoms with Crippen molar-refractivity contribution in [3.8, 4) is 11.3 Å². The molecular weight excluding hydrogens is 375 g/mol. The van der Waals surface area contributed by atoms with Crippen LogP contribution in [-0.4, -0.2) is 22.2 Å². The van der Waals surface area contributed by atoms with E-state index in [1.54, 1.807) is 6.07 Å². The maximum Gasteiger partial charge on any atom is 0.259 e. The Morgan fingerprint density at radius 3 is 2.68 bits per heavy atom. The summed E-state index contributed by atoms with van der Waals surface area (Å²) in [6.45, 7) is 4.37. The van der Waals surface area contributed by atoms with Gasteiger partial charge in [0.1, 0.15) is 5.82 Å². The molecule has 0 spiro atoms. The van der Waals surface area contributed by atoms with Crippen molar-refractivity contribution in [3.63, 3.8) is 0 Å². The number of hydrogen-bond donors (Lipinski definition) is 2. The molecule has 4 N–H and O–H groups in total. The first-order valence-electron chi connectivity index (χ1n) is 9.26. The van der Waals surface area contributed by atoms with E-state index >= 15 is 0 Å². The number of benzene rings is 1. The van der Waals surface area contributed by atoms with Crippen LogP contribution < -0.4 is 11.5 Å². The summed E-state index contributed by atoms with van der Waals surface area (Å²) >= 11 is 1.42. The quantitative estimate of drug-likeness (QED) is 0.636. The topological polar surface area (TPSA) is 86.9 Å². The summed E-state index contributed by atoms with van der Waals surface area (Å²) < 4.78 is 15.5. The molecule has 148 valence electrons. The highest BCUT2D eigenvalue weighted by Crippen LogP contribution is 2.42. The van der Waals surface area contributed by atoms with E-state index in [2.05, 4.69) is 12.0 Å². The van der Waals surface area contributed by atoms with E-state index in [1.165, 1.54) is 23.5 Å². The van der Waals surface area contributed by atoms with Gasteiger partial charge in [-0.05, 0) is 55.1 Å². The Morgan fingerprint density at radius 1 is 1.39 bits per heavy atom. The second-order valence-corrected chi connectivity index (χ2v) is 8.03. The molecule has 7 heteroatoms. The Hall–Kier alpha value is -2.51. The number of halogens is 1. The largest absolute Gasteiger partial charge is 0.365 e. The normalized spacial score (nSPS) is 12.3. The Kier molecular flexibility index (Phi) is 5.96. The molecule has 3 aromatic rings. The van der Waals surface area contributed by atoms with E-state index in [9.17, 15) is 9.18 Å². The molecule has 28 heavy (non-hydrogen) atoms. The molecule has 5 nitrogen and oxygen atoms in total. The minimum absolute atomic E-state index is 0.162. The van der Waals surface area contributed by atoms with Gasteiger partial charge in [-0.3, -0.25) is 9.48 Å². The number of nitrogens with two attached hydrogens (primary N) is 2. The van der Waals surface area contributed by atoms with Gasteiger partial charge in [-0.1, -0.05) is 19.1 Å². The molecule has 0 saturated carbocycles. The number of thiophene rings is 1. The van der Waals surface area contributed by atoms with Crippen LogP contribution in [0.15, 0.2) is 30.5 Å². The van der Waals surface area contributed by atoms with Crippen molar-refractivity contribution in [2.45, 2.75) is 32.6 Å². The molecule has 1 aromatic carbocycles. The Balaban J connectivity index is 2.22. The fourth-order valence-corrected chi connectivity index (χ4v) is 4.91. The third-order valence-electron chi connectivity index (χ3n) is 4.99. The molecule has 0 aliphatic heterocycles. The third kappa shape index (κ3) is 3.72. The Labute approximate surface area is 168 Å². The number of rotatable bonds is 7. The average Bonchev–Trinajstić information content (AvgIpc) is 3.19. The summed E-state index contributed by atoms with van der Waals surface area (Å²) in [5.74, 6) is -0.908. The number of aromatic nitrogens is 2. The zero-order valence-corrected chi connectivity index (χ0v) is 17.1. The molecule has 0 radical (unpaired) electrons. The standard InChI is InChI=1S/C21H25FN4OS/c1-4-16-18(19-12(2)11-25-26(19)3)17(20(28-16)21(24)27)14(10-23)8-13-6-5-7-15(22)9-13/h5-7,9,11,14H,4,8,10,23H2,1-3H3,(H2,24,27)/t14-/m1/s1.